The van der Waals surface area contributed by atoms with Gasteiger partial charge in [0.2, 0.25) is 0 Å². The molecule has 0 amide bonds. The summed E-state index contributed by atoms with van der Waals surface area (Å²) in [5.41, 5.74) is 1.39. The van der Waals surface area contributed by atoms with Crippen LogP contribution in [0.25, 0.3) is 0 Å². The third-order valence-electron chi connectivity index (χ3n) is 8.84. The van der Waals surface area contributed by atoms with E-state index < -0.39 is 0 Å². The second-order valence-corrected chi connectivity index (χ2v) is 11.3. The minimum Gasteiger partial charge on any atom is -0.300 e. The van der Waals surface area contributed by atoms with Crippen molar-refractivity contribution >= 4 is 28.4 Å². The molecule has 3 nitrogen and oxygen atoms in total. The number of hydrogen-bond donors (Lipinski definition) is 0. The van der Waals surface area contributed by atoms with Gasteiger partial charge in [-0.25, -0.2) is 0 Å². The molecule has 0 aromatic carbocycles. The Morgan fingerprint density at radius 2 is 1.81 bits per heavy atom. The first kappa shape index (κ1) is 19.4. The molecule has 0 saturated heterocycles. The predicted octanol–water partition coefficient (Wildman–Crippen LogP) is 4.98. The van der Waals surface area contributed by atoms with E-state index in [1.165, 1.54) is 23.8 Å². The number of Topliss-reactive ketones (excluding diaryl/α,β-unsaturated/α-hetero) is 1. The zero-order chi connectivity index (χ0) is 19.6. The average Bonchev–Trinajstić information content (AvgIpc) is 2.93. The molecule has 7 atom stereocenters. The van der Waals surface area contributed by atoms with Crippen LogP contribution in [0.1, 0.15) is 72.6 Å². The number of thioether (sulfide) groups is 1. The first-order valence-electron chi connectivity index (χ1n) is 10.6. The molecule has 0 aliphatic heterocycles. The van der Waals surface area contributed by atoms with Gasteiger partial charge in [-0.3, -0.25) is 14.4 Å². The lowest BCUT2D eigenvalue weighted by Crippen LogP contribution is -2.54. The SMILES string of the molecule is CC(=O)SC1CC(=O)C=C2CC[C@H]3[C@@H]4CC[C@H](C(C)=O)[C@@]4(C)CC[C@@H]3[C@]21C. The van der Waals surface area contributed by atoms with Crippen molar-refractivity contribution in [3.63, 3.8) is 0 Å². The molecule has 0 radical (unpaired) electrons. The van der Waals surface area contributed by atoms with E-state index in [0.717, 1.165) is 32.1 Å². The number of carbonyl (C=O) groups excluding carboxylic acids is 3. The molecule has 4 heteroatoms. The van der Waals surface area contributed by atoms with Gasteiger partial charge in [0.15, 0.2) is 10.9 Å². The van der Waals surface area contributed by atoms with Crippen molar-refractivity contribution < 1.29 is 14.4 Å². The van der Waals surface area contributed by atoms with Gasteiger partial charge in [0.05, 0.1) is 0 Å². The Bertz CT molecular complexity index is 725. The van der Waals surface area contributed by atoms with E-state index in [4.69, 9.17) is 0 Å². The number of ketones is 2. The molecule has 0 heterocycles. The number of hydrogen-bond acceptors (Lipinski definition) is 4. The smallest absolute Gasteiger partial charge is 0.186 e. The second-order valence-electron chi connectivity index (χ2n) is 9.92. The zero-order valence-corrected chi connectivity index (χ0v) is 17.9. The Kier molecular flexibility index (Phi) is 4.73. The Labute approximate surface area is 167 Å². The summed E-state index contributed by atoms with van der Waals surface area (Å²) in [4.78, 5) is 36.5. The molecule has 1 unspecified atom stereocenters. The highest BCUT2D eigenvalue weighted by molar-refractivity contribution is 8.14. The van der Waals surface area contributed by atoms with Crippen LogP contribution in [0.2, 0.25) is 0 Å². The summed E-state index contributed by atoms with van der Waals surface area (Å²) in [7, 11) is 0. The molecule has 0 bridgehead atoms. The highest BCUT2D eigenvalue weighted by Gasteiger charge is 2.61. The minimum absolute atomic E-state index is 0.0528. The number of fused-ring (bicyclic) bond motifs is 5. The summed E-state index contributed by atoms with van der Waals surface area (Å²) >= 11 is 1.39. The van der Waals surface area contributed by atoms with Crippen molar-refractivity contribution in [3.05, 3.63) is 11.6 Å². The van der Waals surface area contributed by atoms with E-state index in [-0.39, 0.29) is 32.9 Å². The van der Waals surface area contributed by atoms with Crippen molar-refractivity contribution in [2.45, 2.75) is 77.9 Å². The lowest BCUT2D eigenvalue weighted by atomic mass is 9.46. The Hall–Kier alpha value is -0.900. The highest BCUT2D eigenvalue weighted by Crippen LogP contribution is 2.67. The molecule has 27 heavy (non-hydrogen) atoms. The maximum Gasteiger partial charge on any atom is 0.186 e. The molecular weight excluding hydrogens is 356 g/mol. The molecule has 4 aliphatic rings. The lowest BCUT2D eigenvalue weighted by molar-refractivity contribution is -0.128. The van der Waals surface area contributed by atoms with Crippen molar-refractivity contribution in [2.24, 2.45) is 34.5 Å². The predicted molar refractivity (Wildman–Crippen MR) is 108 cm³/mol. The first-order chi connectivity index (χ1) is 12.7. The van der Waals surface area contributed by atoms with Gasteiger partial charge in [-0.2, -0.15) is 0 Å². The van der Waals surface area contributed by atoms with Crippen LogP contribution in [-0.4, -0.2) is 21.9 Å². The van der Waals surface area contributed by atoms with Gasteiger partial charge in [-0.15, -0.1) is 0 Å². The molecule has 3 fully saturated rings. The van der Waals surface area contributed by atoms with Crippen LogP contribution in [0.5, 0.6) is 0 Å². The minimum atomic E-state index is -0.0528. The van der Waals surface area contributed by atoms with Crippen LogP contribution in [0.3, 0.4) is 0 Å². The summed E-state index contributed by atoms with van der Waals surface area (Å²) < 4.78 is 0. The van der Waals surface area contributed by atoms with Gasteiger partial charge in [-0.1, -0.05) is 31.2 Å². The largest absolute Gasteiger partial charge is 0.300 e. The van der Waals surface area contributed by atoms with E-state index in [9.17, 15) is 14.4 Å². The second kappa shape index (κ2) is 6.57. The van der Waals surface area contributed by atoms with Crippen molar-refractivity contribution in [2.75, 3.05) is 0 Å². The molecule has 4 rings (SSSR count). The monoisotopic (exact) mass is 388 g/mol. The Balaban J connectivity index is 1.70. The van der Waals surface area contributed by atoms with E-state index in [0.29, 0.717) is 30.0 Å². The van der Waals surface area contributed by atoms with E-state index in [1.54, 1.807) is 13.8 Å². The summed E-state index contributed by atoms with van der Waals surface area (Å²) in [6.07, 6.45) is 8.97. The molecule has 148 valence electrons. The summed E-state index contributed by atoms with van der Waals surface area (Å²) in [5.74, 6) is 2.56. The van der Waals surface area contributed by atoms with Crippen molar-refractivity contribution in [1.29, 1.82) is 0 Å². The highest BCUT2D eigenvalue weighted by atomic mass is 32.2. The summed E-state index contributed by atoms with van der Waals surface area (Å²) in [5, 5.41) is 0.195. The fourth-order valence-corrected chi connectivity index (χ4v) is 8.84. The number of carbonyl (C=O) groups is 3. The van der Waals surface area contributed by atoms with Crippen LogP contribution in [0.15, 0.2) is 11.6 Å². The Morgan fingerprint density at radius 1 is 1.07 bits per heavy atom. The third kappa shape index (κ3) is 2.81. The molecule has 0 aromatic rings. The van der Waals surface area contributed by atoms with Gasteiger partial charge in [0.1, 0.15) is 5.78 Å². The van der Waals surface area contributed by atoms with Crippen molar-refractivity contribution in [1.82, 2.24) is 0 Å². The molecule has 0 aromatic heterocycles. The number of allylic oxidation sites excluding steroid dienone is 1. The van der Waals surface area contributed by atoms with Gasteiger partial charge in [0, 0.05) is 29.9 Å². The van der Waals surface area contributed by atoms with Crippen LogP contribution < -0.4 is 0 Å². The van der Waals surface area contributed by atoms with Gasteiger partial charge in [0.25, 0.3) is 0 Å². The Morgan fingerprint density at radius 3 is 2.48 bits per heavy atom. The molecule has 4 aliphatic carbocycles. The molecule has 0 spiro atoms. The van der Waals surface area contributed by atoms with Crippen LogP contribution in [0.4, 0.5) is 0 Å². The zero-order valence-electron chi connectivity index (χ0n) is 17.0. The van der Waals surface area contributed by atoms with E-state index >= 15 is 0 Å². The lowest BCUT2D eigenvalue weighted by Gasteiger charge is -2.59. The fraction of sp³-hybridized carbons (Fsp3) is 0.783. The number of rotatable bonds is 2. The maximum absolute atomic E-state index is 12.3. The third-order valence-corrected chi connectivity index (χ3v) is 10.1. The summed E-state index contributed by atoms with van der Waals surface area (Å²) in [6.45, 7) is 8.11. The van der Waals surface area contributed by atoms with E-state index in [2.05, 4.69) is 13.8 Å². The maximum atomic E-state index is 12.3. The van der Waals surface area contributed by atoms with Crippen LogP contribution in [-0.2, 0) is 14.4 Å². The van der Waals surface area contributed by atoms with Gasteiger partial charge >= 0.3 is 0 Å². The average molecular weight is 389 g/mol. The quantitative estimate of drug-likeness (QED) is 0.669. The van der Waals surface area contributed by atoms with E-state index in [1.807, 2.05) is 6.08 Å². The topological polar surface area (TPSA) is 51.2 Å². The molecule has 3 saturated carbocycles. The van der Waals surface area contributed by atoms with Crippen LogP contribution >= 0.6 is 11.8 Å². The molecular formula is C23H32O3S. The fourth-order valence-electron chi connectivity index (χ4n) is 7.62. The molecule has 0 N–H and O–H groups in total. The van der Waals surface area contributed by atoms with Gasteiger partial charge in [-0.05, 0) is 74.7 Å². The normalized spacial score (nSPS) is 46.1. The summed E-state index contributed by atoms with van der Waals surface area (Å²) in [6, 6.07) is 0. The standard InChI is InChI=1S/C23H32O3S/c1-13(24)18-7-8-19-17-6-5-15-11-16(26)12-21(27-14(2)25)23(15,4)20(17)9-10-22(18,19)3/h11,17-21H,5-10,12H2,1-4H3/t17-,18+,19-,20-,21?,22+,23-/m0/s1. The van der Waals surface area contributed by atoms with Gasteiger partial charge < -0.3 is 0 Å². The first-order valence-corrected chi connectivity index (χ1v) is 11.5. The van der Waals surface area contributed by atoms with Crippen LogP contribution in [0, 0.1) is 34.5 Å². The van der Waals surface area contributed by atoms with Crippen molar-refractivity contribution in [3.8, 4) is 0 Å².